The summed E-state index contributed by atoms with van der Waals surface area (Å²) in [5, 5.41) is 3.03. The van der Waals surface area contributed by atoms with Gasteiger partial charge in [-0.3, -0.25) is 14.8 Å². The average molecular weight is 311 g/mol. The second-order valence-electron chi connectivity index (χ2n) is 5.71. The Kier molecular flexibility index (Phi) is 5.13. The minimum atomic E-state index is 0.00879. The third kappa shape index (κ3) is 4.25. The highest BCUT2D eigenvalue weighted by Crippen LogP contribution is 2.20. The van der Waals surface area contributed by atoms with Crippen LogP contribution < -0.4 is 10.2 Å². The molecule has 0 radical (unpaired) electrons. The van der Waals surface area contributed by atoms with Crippen LogP contribution in [0.4, 0.5) is 5.82 Å². The topological polar surface area (TPSA) is 71.0 Å². The second kappa shape index (κ2) is 7.67. The van der Waals surface area contributed by atoms with E-state index in [4.69, 9.17) is 0 Å². The predicted octanol–water partition coefficient (Wildman–Crippen LogP) is 1.45. The lowest BCUT2D eigenvalue weighted by Crippen LogP contribution is -2.43. The first-order valence-electron chi connectivity index (χ1n) is 8.01. The first kappa shape index (κ1) is 15.4. The molecular weight excluding hydrogens is 290 g/mol. The molecule has 6 heteroatoms. The number of nitrogens with zero attached hydrogens (tertiary/aromatic N) is 4. The van der Waals surface area contributed by atoms with Crippen LogP contribution in [-0.4, -0.2) is 40.5 Å². The normalized spacial score (nSPS) is 17.7. The van der Waals surface area contributed by atoms with Crippen molar-refractivity contribution in [1.29, 1.82) is 0 Å². The van der Waals surface area contributed by atoms with Gasteiger partial charge in [0.25, 0.3) is 0 Å². The van der Waals surface area contributed by atoms with Gasteiger partial charge in [0.2, 0.25) is 5.91 Å². The minimum Gasteiger partial charge on any atom is -0.355 e. The maximum Gasteiger partial charge on any atom is 0.224 e. The molecule has 0 aromatic carbocycles. The number of rotatable bonds is 5. The summed E-state index contributed by atoms with van der Waals surface area (Å²) in [6.07, 6.45) is 9.55. The molecule has 1 aliphatic heterocycles. The fraction of sp³-hybridized carbons (Fsp3) is 0.412. The molecule has 1 N–H and O–H groups in total. The summed E-state index contributed by atoms with van der Waals surface area (Å²) in [7, 11) is 0. The van der Waals surface area contributed by atoms with Gasteiger partial charge in [-0.15, -0.1) is 0 Å². The van der Waals surface area contributed by atoms with Crippen molar-refractivity contribution in [2.75, 3.05) is 24.5 Å². The van der Waals surface area contributed by atoms with Crippen molar-refractivity contribution in [3.8, 4) is 0 Å². The number of hydrogen-bond donors (Lipinski definition) is 1. The summed E-state index contributed by atoms with van der Waals surface area (Å²) >= 11 is 0. The monoisotopic (exact) mass is 311 g/mol. The zero-order chi connectivity index (χ0) is 15.9. The summed E-state index contributed by atoms with van der Waals surface area (Å²) < 4.78 is 0. The fourth-order valence-corrected chi connectivity index (χ4v) is 2.86. The van der Waals surface area contributed by atoms with Crippen LogP contribution in [0.25, 0.3) is 0 Å². The van der Waals surface area contributed by atoms with Crippen LogP contribution in [0.1, 0.15) is 18.5 Å². The summed E-state index contributed by atoms with van der Waals surface area (Å²) in [5.74, 6) is 0.975. The first-order valence-corrected chi connectivity index (χ1v) is 8.01. The maximum atomic E-state index is 12.4. The molecule has 120 valence electrons. The Hall–Kier alpha value is -2.50. The zero-order valence-electron chi connectivity index (χ0n) is 13.1. The summed E-state index contributed by atoms with van der Waals surface area (Å²) in [4.78, 5) is 27.2. The van der Waals surface area contributed by atoms with Crippen molar-refractivity contribution in [1.82, 2.24) is 20.3 Å². The van der Waals surface area contributed by atoms with E-state index in [1.54, 1.807) is 24.8 Å². The van der Waals surface area contributed by atoms with Crippen LogP contribution >= 0.6 is 0 Å². The predicted molar refractivity (Wildman–Crippen MR) is 87.9 cm³/mol. The second-order valence-corrected chi connectivity index (χ2v) is 5.71. The van der Waals surface area contributed by atoms with Gasteiger partial charge in [-0.1, -0.05) is 6.07 Å². The molecule has 0 saturated carbocycles. The molecule has 1 atom stereocenters. The lowest BCUT2D eigenvalue weighted by atomic mass is 9.97. The number of amides is 1. The fourth-order valence-electron chi connectivity index (χ4n) is 2.86. The number of pyridine rings is 1. The van der Waals surface area contributed by atoms with Gasteiger partial charge < -0.3 is 10.2 Å². The van der Waals surface area contributed by atoms with E-state index in [-0.39, 0.29) is 11.8 Å². The lowest BCUT2D eigenvalue weighted by Gasteiger charge is -2.32. The van der Waals surface area contributed by atoms with Crippen molar-refractivity contribution >= 4 is 11.7 Å². The van der Waals surface area contributed by atoms with Gasteiger partial charge in [0.1, 0.15) is 5.82 Å². The molecule has 1 fully saturated rings. The lowest BCUT2D eigenvalue weighted by molar-refractivity contribution is -0.125. The van der Waals surface area contributed by atoms with Gasteiger partial charge in [0, 0.05) is 50.3 Å². The third-order valence-corrected chi connectivity index (χ3v) is 4.07. The molecule has 6 nitrogen and oxygen atoms in total. The summed E-state index contributed by atoms with van der Waals surface area (Å²) in [6.45, 7) is 2.25. The van der Waals surface area contributed by atoms with E-state index in [9.17, 15) is 4.79 Å². The van der Waals surface area contributed by atoms with Crippen molar-refractivity contribution < 1.29 is 4.79 Å². The van der Waals surface area contributed by atoms with E-state index in [0.717, 1.165) is 37.3 Å². The van der Waals surface area contributed by atoms with E-state index < -0.39 is 0 Å². The van der Waals surface area contributed by atoms with E-state index in [1.165, 1.54) is 0 Å². The molecule has 3 rings (SSSR count). The summed E-state index contributed by atoms with van der Waals surface area (Å²) in [6, 6.07) is 5.83. The number of carbonyl (C=O) groups excluding carboxylic acids is 1. The average Bonchev–Trinajstić information content (AvgIpc) is 2.63. The number of aromatic nitrogens is 3. The Morgan fingerprint density at radius 3 is 3.00 bits per heavy atom. The Morgan fingerprint density at radius 2 is 2.22 bits per heavy atom. The van der Waals surface area contributed by atoms with E-state index in [2.05, 4.69) is 25.2 Å². The molecule has 0 bridgehead atoms. The maximum absolute atomic E-state index is 12.4. The number of piperidine rings is 1. The number of anilines is 1. The zero-order valence-corrected chi connectivity index (χ0v) is 13.1. The van der Waals surface area contributed by atoms with Crippen LogP contribution in [-0.2, 0) is 11.2 Å². The quantitative estimate of drug-likeness (QED) is 0.905. The summed E-state index contributed by atoms with van der Waals surface area (Å²) in [5.41, 5.74) is 0.998. The molecular formula is C17H21N5O. The Labute approximate surface area is 136 Å². The van der Waals surface area contributed by atoms with Crippen molar-refractivity contribution in [3.05, 3.63) is 48.7 Å². The highest BCUT2D eigenvalue weighted by Gasteiger charge is 2.26. The first-order chi connectivity index (χ1) is 11.3. The van der Waals surface area contributed by atoms with Crippen LogP contribution in [0.3, 0.4) is 0 Å². The molecule has 1 amide bonds. The van der Waals surface area contributed by atoms with Gasteiger partial charge in [0.15, 0.2) is 0 Å². The number of hydrogen-bond acceptors (Lipinski definition) is 5. The van der Waals surface area contributed by atoms with Crippen molar-refractivity contribution in [2.45, 2.75) is 19.3 Å². The van der Waals surface area contributed by atoms with Crippen LogP contribution in [0.2, 0.25) is 0 Å². The molecule has 0 spiro atoms. The van der Waals surface area contributed by atoms with Gasteiger partial charge in [-0.05, 0) is 25.0 Å². The number of carbonyl (C=O) groups is 1. The van der Waals surface area contributed by atoms with Crippen LogP contribution in [0.15, 0.2) is 43.0 Å². The van der Waals surface area contributed by atoms with Gasteiger partial charge in [-0.2, -0.15) is 0 Å². The highest BCUT2D eigenvalue weighted by atomic mass is 16.1. The van der Waals surface area contributed by atoms with E-state index in [1.807, 2.05) is 18.2 Å². The largest absolute Gasteiger partial charge is 0.355 e. The van der Waals surface area contributed by atoms with E-state index in [0.29, 0.717) is 13.1 Å². The number of nitrogens with one attached hydrogen (secondary N) is 1. The minimum absolute atomic E-state index is 0.00879. The molecule has 23 heavy (non-hydrogen) atoms. The molecule has 0 aliphatic carbocycles. The molecule has 0 unspecified atom stereocenters. The Morgan fingerprint density at radius 1 is 1.26 bits per heavy atom. The smallest absolute Gasteiger partial charge is 0.224 e. The van der Waals surface area contributed by atoms with Gasteiger partial charge >= 0.3 is 0 Å². The van der Waals surface area contributed by atoms with Gasteiger partial charge in [-0.25, -0.2) is 4.98 Å². The molecule has 2 aromatic rings. The van der Waals surface area contributed by atoms with E-state index >= 15 is 0 Å². The Balaban J connectivity index is 1.49. The van der Waals surface area contributed by atoms with Crippen molar-refractivity contribution in [3.63, 3.8) is 0 Å². The molecule has 3 heterocycles. The van der Waals surface area contributed by atoms with Crippen LogP contribution in [0.5, 0.6) is 0 Å². The third-order valence-electron chi connectivity index (χ3n) is 4.07. The Bertz CT molecular complexity index is 619. The SMILES string of the molecule is O=C(NCCc1ccccn1)[C@@H]1CCCN(c2cnccn2)C1. The molecule has 2 aromatic heterocycles. The van der Waals surface area contributed by atoms with Gasteiger partial charge in [0.05, 0.1) is 12.1 Å². The standard InChI is InChI=1S/C17H21N5O/c23-17(21-8-6-15-5-1-2-7-19-15)14-4-3-11-22(13-14)16-12-18-9-10-20-16/h1-2,5,7,9-10,12,14H,3-4,6,8,11,13H2,(H,21,23)/t14-/m1/s1. The highest BCUT2D eigenvalue weighted by molar-refractivity contribution is 5.79. The van der Waals surface area contributed by atoms with Crippen molar-refractivity contribution in [2.24, 2.45) is 5.92 Å². The van der Waals surface area contributed by atoms with Crippen LogP contribution in [0, 0.1) is 5.92 Å². The molecule has 1 saturated heterocycles. The molecule has 1 aliphatic rings.